The summed E-state index contributed by atoms with van der Waals surface area (Å²) >= 11 is 1.25. The van der Waals surface area contributed by atoms with Gasteiger partial charge in [-0.3, -0.25) is 4.79 Å². The lowest BCUT2D eigenvalue weighted by molar-refractivity contribution is -0.115. The van der Waals surface area contributed by atoms with E-state index in [0.717, 1.165) is 5.76 Å². The van der Waals surface area contributed by atoms with E-state index in [1.165, 1.54) is 36.0 Å². The van der Waals surface area contributed by atoms with Gasteiger partial charge in [-0.1, -0.05) is 11.8 Å². The van der Waals surface area contributed by atoms with Crippen LogP contribution in [0.1, 0.15) is 12.7 Å². The lowest BCUT2D eigenvalue weighted by atomic mass is 10.3. The SMILES string of the molecule is CC(Sc1nncn1Cc1ccco1)C(=O)Nc1ccc(S(N)(=O)=O)cc1. The normalized spacial score (nSPS) is 12.7. The van der Waals surface area contributed by atoms with Crippen molar-refractivity contribution in [2.45, 2.75) is 28.8 Å². The summed E-state index contributed by atoms with van der Waals surface area (Å²) in [5, 5.41) is 15.8. The van der Waals surface area contributed by atoms with Crippen LogP contribution in [0.15, 0.2) is 63.5 Å². The number of hydrogen-bond donors (Lipinski definition) is 2. The molecule has 3 aromatic rings. The Balaban J connectivity index is 1.62. The summed E-state index contributed by atoms with van der Waals surface area (Å²) in [7, 11) is -3.77. The number of benzene rings is 1. The maximum absolute atomic E-state index is 12.4. The largest absolute Gasteiger partial charge is 0.467 e. The molecule has 1 atom stereocenters. The highest BCUT2D eigenvalue weighted by atomic mass is 32.2. The number of sulfonamides is 1. The van der Waals surface area contributed by atoms with Crippen molar-refractivity contribution >= 4 is 33.4 Å². The van der Waals surface area contributed by atoms with E-state index in [-0.39, 0.29) is 10.8 Å². The van der Waals surface area contributed by atoms with Crippen molar-refractivity contribution in [3.63, 3.8) is 0 Å². The summed E-state index contributed by atoms with van der Waals surface area (Å²) in [5.74, 6) is 0.500. The molecule has 9 nitrogen and oxygen atoms in total. The second-order valence-electron chi connectivity index (χ2n) is 5.64. The number of carbonyl (C=O) groups is 1. The summed E-state index contributed by atoms with van der Waals surface area (Å²) < 4.78 is 29.6. The molecule has 0 spiro atoms. The topological polar surface area (TPSA) is 133 Å². The van der Waals surface area contributed by atoms with E-state index in [1.54, 1.807) is 30.1 Å². The van der Waals surface area contributed by atoms with Crippen molar-refractivity contribution in [1.29, 1.82) is 0 Å². The Bertz CT molecular complexity index is 1010. The van der Waals surface area contributed by atoms with Gasteiger partial charge in [0, 0.05) is 5.69 Å². The van der Waals surface area contributed by atoms with Crippen LogP contribution >= 0.6 is 11.8 Å². The molecule has 0 fully saturated rings. The standard InChI is InChI=1S/C16H17N5O4S2/c1-11(15(22)19-12-4-6-14(7-5-12)27(17,23)24)26-16-20-18-10-21(16)9-13-3-2-8-25-13/h2-8,10-11H,9H2,1H3,(H,19,22)(H2,17,23,24). The van der Waals surface area contributed by atoms with Crippen molar-refractivity contribution in [3.05, 3.63) is 54.7 Å². The highest BCUT2D eigenvalue weighted by molar-refractivity contribution is 8.00. The number of thioether (sulfide) groups is 1. The van der Waals surface area contributed by atoms with Crippen LogP contribution < -0.4 is 10.5 Å². The minimum absolute atomic E-state index is 0.0195. The quantitative estimate of drug-likeness (QED) is 0.569. The monoisotopic (exact) mass is 407 g/mol. The summed E-state index contributed by atoms with van der Waals surface area (Å²) in [4.78, 5) is 12.4. The van der Waals surface area contributed by atoms with E-state index < -0.39 is 15.3 Å². The number of amides is 1. The molecule has 0 aliphatic rings. The summed E-state index contributed by atoms with van der Waals surface area (Å²) in [6.07, 6.45) is 3.16. The van der Waals surface area contributed by atoms with Gasteiger partial charge in [0.2, 0.25) is 15.9 Å². The number of aromatic nitrogens is 3. The third-order valence-electron chi connectivity index (χ3n) is 3.59. The van der Waals surface area contributed by atoms with Crippen LogP contribution in [0.4, 0.5) is 5.69 Å². The minimum atomic E-state index is -3.77. The molecule has 1 aromatic carbocycles. The van der Waals surface area contributed by atoms with E-state index in [2.05, 4.69) is 15.5 Å². The molecule has 0 aliphatic carbocycles. The predicted octanol–water partition coefficient (Wildman–Crippen LogP) is 1.69. The van der Waals surface area contributed by atoms with E-state index in [0.29, 0.717) is 17.4 Å². The average molecular weight is 407 g/mol. The van der Waals surface area contributed by atoms with Gasteiger partial charge in [-0.2, -0.15) is 0 Å². The smallest absolute Gasteiger partial charge is 0.238 e. The van der Waals surface area contributed by atoms with Crippen molar-refractivity contribution in [2.75, 3.05) is 5.32 Å². The zero-order chi connectivity index (χ0) is 19.4. The molecule has 1 amide bonds. The predicted molar refractivity (Wildman–Crippen MR) is 99.6 cm³/mol. The maximum Gasteiger partial charge on any atom is 0.238 e. The molecule has 2 heterocycles. The summed E-state index contributed by atoms with van der Waals surface area (Å²) in [6, 6.07) is 9.27. The Morgan fingerprint density at radius 2 is 2.07 bits per heavy atom. The van der Waals surface area contributed by atoms with Gasteiger partial charge < -0.3 is 14.3 Å². The van der Waals surface area contributed by atoms with Crippen molar-refractivity contribution in [1.82, 2.24) is 14.8 Å². The Morgan fingerprint density at radius 3 is 2.70 bits per heavy atom. The fraction of sp³-hybridized carbons (Fsp3) is 0.188. The van der Waals surface area contributed by atoms with Crippen molar-refractivity contribution in [3.8, 4) is 0 Å². The second kappa shape index (κ2) is 7.94. The fourth-order valence-corrected chi connectivity index (χ4v) is 3.54. The van der Waals surface area contributed by atoms with Crippen LogP contribution in [0.3, 0.4) is 0 Å². The minimum Gasteiger partial charge on any atom is -0.467 e. The lowest BCUT2D eigenvalue weighted by Gasteiger charge is -2.12. The molecule has 0 saturated carbocycles. The molecule has 0 radical (unpaired) electrons. The molecule has 142 valence electrons. The number of anilines is 1. The third kappa shape index (κ3) is 4.96. The maximum atomic E-state index is 12.4. The number of carbonyl (C=O) groups excluding carboxylic acids is 1. The van der Waals surface area contributed by atoms with Crippen molar-refractivity contribution in [2.24, 2.45) is 5.14 Å². The van der Waals surface area contributed by atoms with Gasteiger partial charge in [0.05, 0.1) is 23.0 Å². The molecule has 0 aliphatic heterocycles. The van der Waals surface area contributed by atoms with Gasteiger partial charge in [-0.05, 0) is 43.3 Å². The van der Waals surface area contributed by atoms with Crippen LogP contribution in [-0.2, 0) is 21.4 Å². The molecular weight excluding hydrogens is 390 g/mol. The first kappa shape index (κ1) is 19.1. The van der Waals surface area contributed by atoms with E-state index in [4.69, 9.17) is 9.56 Å². The first-order valence-electron chi connectivity index (χ1n) is 7.83. The Hall–Kier alpha value is -2.63. The number of furan rings is 1. The van der Waals surface area contributed by atoms with Gasteiger partial charge >= 0.3 is 0 Å². The first-order valence-corrected chi connectivity index (χ1v) is 10.3. The molecular formula is C16H17N5O4S2. The van der Waals surface area contributed by atoms with Gasteiger partial charge in [0.25, 0.3) is 0 Å². The summed E-state index contributed by atoms with van der Waals surface area (Å²) in [5.41, 5.74) is 0.469. The molecule has 3 N–H and O–H groups in total. The number of nitrogens with zero attached hydrogens (tertiary/aromatic N) is 3. The van der Waals surface area contributed by atoms with Crippen LogP contribution in [-0.4, -0.2) is 34.3 Å². The van der Waals surface area contributed by atoms with Crippen LogP contribution in [0, 0.1) is 0 Å². The number of nitrogens with two attached hydrogens (primary N) is 1. The summed E-state index contributed by atoms with van der Waals surface area (Å²) in [6.45, 7) is 2.20. The number of rotatable bonds is 7. The van der Waals surface area contributed by atoms with Gasteiger partial charge in [-0.25, -0.2) is 13.6 Å². The van der Waals surface area contributed by atoms with Gasteiger partial charge in [0.15, 0.2) is 5.16 Å². The number of hydrogen-bond acceptors (Lipinski definition) is 7. The van der Waals surface area contributed by atoms with E-state index in [1.807, 2.05) is 6.07 Å². The van der Waals surface area contributed by atoms with E-state index in [9.17, 15) is 13.2 Å². The zero-order valence-corrected chi connectivity index (χ0v) is 15.9. The molecule has 0 bridgehead atoms. The van der Waals surface area contributed by atoms with Crippen LogP contribution in [0.25, 0.3) is 0 Å². The molecule has 3 rings (SSSR count). The van der Waals surface area contributed by atoms with Crippen molar-refractivity contribution < 1.29 is 17.6 Å². The molecule has 0 saturated heterocycles. The molecule has 27 heavy (non-hydrogen) atoms. The zero-order valence-electron chi connectivity index (χ0n) is 14.3. The van der Waals surface area contributed by atoms with E-state index >= 15 is 0 Å². The highest BCUT2D eigenvalue weighted by Crippen LogP contribution is 2.23. The van der Waals surface area contributed by atoms with Crippen LogP contribution in [0.5, 0.6) is 0 Å². The highest BCUT2D eigenvalue weighted by Gasteiger charge is 2.19. The van der Waals surface area contributed by atoms with Gasteiger partial charge in [-0.15, -0.1) is 10.2 Å². The number of nitrogens with one attached hydrogen (secondary N) is 1. The molecule has 1 unspecified atom stereocenters. The Kier molecular flexibility index (Phi) is 5.63. The Labute approximate surface area is 160 Å². The van der Waals surface area contributed by atoms with Crippen LogP contribution in [0.2, 0.25) is 0 Å². The molecule has 11 heteroatoms. The Morgan fingerprint density at radius 1 is 1.33 bits per heavy atom. The fourth-order valence-electron chi connectivity index (χ4n) is 2.20. The van der Waals surface area contributed by atoms with Gasteiger partial charge in [0.1, 0.15) is 12.1 Å². The first-order chi connectivity index (χ1) is 12.8. The molecule has 2 aromatic heterocycles. The second-order valence-corrected chi connectivity index (χ2v) is 8.51. The third-order valence-corrected chi connectivity index (χ3v) is 5.61. The number of primary sulfonamides is 1. The lowest BCUT2D eigenvalue weighted by Crippen LogP contribution is -2.23. The average Bonchev–Trinajstić information content (AvgIpc) is 3.27.